The first-order valence-corrected chi connectivity index (χ1v) is 11.3. The van der Waals surface area contributed by atoms with Crippen molar-refractivity contribution in [1.29, 1.82) is 0 Å². The second kappa shape index (κ2) is 12.7. The second-order valence-corrected chi connectivity index (χ2v) is 8.15. The van der Waals surface area contributed by atoms with Crippen molar-refractivity contribution < 1.29 is 23.8 Å². The Labute approximate surface area is 197 Å². The van der Waals surface area contributed by atoms with E-state index in [2.05, 4.69) is 5.32 Å². The van der Waals surface area contributed by atoms with Crippen molar-refractivity contribution in [3.8, 4) is 17.2 Å². The standard InChI is InChI=1S/C26H36N2O5/c1-7-22(26(30)27-18(2)3)28(17-20-8-12-21(31-4)13-9-20)25(29)15-11-19-10-14-23(32-5)24(16-19)33-6/h8-10,12-14,16,18,22H,7,11,15,17H2,1-6H3,(H,27,30)/t22-/m1/s1. The highest BCUT2D eigenvalue weighted by atomic mass is 16.5. The van der Waals surface area contributed by atoms with E-state index in [9.17, 15) is 9.59 Å². The Morgan fingerprint density at radius 2 is 1.55 bits per heavy atom. The Kier molecular flexibility index (Phi) is 10.0. The van der Waals surface area contributed by atoms with Crippen LogP contribution in [0.25, 0.3) is 0 Å². The Bertz CT molecular complexity index is 911. The molecule has 2 aromatic carbocycles. The average molecular weight is 457 g/mol. The number of nitrogens with zero attached hydrogens (tertiary/aromatic N) is 1. The first kappa shape index (κ1) is 26.0. The fraction of sp³-hybridized carbons (Fsp3) is 0.462. The van der Waals surface area contributed by atoms with Crippen LogP contribution in [0, 0.1) is 0 Å². The van der Waals surface area contributed by atoms with Crippen LogP contribution in [-0.4, -0.2) is 50.1 Å². The molecular formula is C26H36N2O5. The van der Waals surface area contributed by atoms with Gasteiger partial charge >= 0.3 is 0 Å². The molecule has 2 amide bonds. The lowest BCUT2D eigenvalue weighted by Crippen LogP contribution is -2.50. The van der Waals surface area contributed by atoms with E-state index in [1.54, 1.807) is 26.2 Å². The van der Waals surface area contributed by atoms with Gasteiger partial charge in [-0.05, 0) is 62.1 Å². The molecule has 0 saturated carbocycles. The van der Waals surface area contributed by atoms with Crippen LogP contribution in [0.5, 0.6) is 17.2 Å². The summed E-state index contributed by atoms with van der Waals surface area (Å²) < 4.78 is 15.9. The summed E-state index contributed by atoms with van der Waals surface area (Å²) in [6.07, 6.45) is 1.33. The van der Waals surface area contributed by atoms with Crippen LogP contribution in [-0.2, 0) is 22.6 Å². The normalized spacial score (nSPS) is 11.6. The number of carbonyl (C=O) groups excluding carboxylic acids is 2. The van der Waals surface area contributed by atoms with E-state index in [0.717, 1.165) is 16.9 Å². The lowest BCUT2D eigenvalue weighted by atomic mass is 10.1. The number of ether oxygens (including phenoxy) is 3. The van der Waals surface area contributed by atoms with Crippen LogP contribution < -0.4 is 19.5 Å². The summed E-state index contributed by atoms with van der Waals surface area (Å²) in [5.41, 5.74) is 1.90. The van der Waals surface area contributed by atoms with Crippen molar-refractivity contribution in [3.05, 3.63) is 53.6 Å². The summed E-state index contributed by atoms with van der Waals surface area (Å²) >= 11 is 0. The predicted octanol–water partition coefficient (Wildman–Crippen LogP) is 3.98. The molecule has 2 aromatic rings. The molecule has 0 spiro atoms. The van der Waals surface area contributed by atoms with E-state index in [1.165, 1.54) is 0 Å². The topological polar surface area (TPSA) is 77.1 Å². The number of rotatable bonds is 12. The molecule has 0 aliphatic carbocycles. The lowest BCUT2D eigenvalue weighted by molar-refractivity contribution is -0.141. The number of benzene rings is 2. The van der Waals surface area contributed by atoms with E-state index >= 15 is 0 Å². The van der Waals surface area contributed by atoms with E-state index in [-0.39, 0.29) is 24.3 Å². The third-order valence-corrected chi connectivity index (χ3v) is 5.40. The maximum atomic E-state index is 13.4. The van der Waals surface area contributed by atoms with Gasteiger partial charge in [0.15, 0.2) is 11.5 Å². The third kappa shape index (κ3) is 7.41. The van der Waals surface area contributed by atoms with Gasteiger partial charge in [0.25, 0.3) is 0 Å². The van der Waals surface area contributed by atoms with Gasteiger partial charge in [-0.1, -0.05) is 25.1 Å². The highest BCUT2D eigenvalue weighted by Gasteiger charge is 2.28. The third-order valence-electron chi connectivity index (χ3n) is 5.40. The largest absolute Gasteiger partial charge is 0.497 e. The maximum absolute atomic E-state index is 13.4. The van der Waals surface area contributed by atoms with Gasteiger partial charge in [-0.15, -0.1) is 0 Å². The number of nitrogens with one attached hydrogen (secondary N) is 1. The molecule has 33 heavy (non-hydrogen) atoms. The number of aryl methyl sites for hydroxylation is 1. The van der Waals surface area contributed by atoms with Gasteiger partial charge in [-0.25, -0.2) is 0 Å². The van der Waals surface area contributed by atoms with Gasteiger partial charge in [-0.3, -0.25) is 9.59 Å². The highest BCUT2D eigenvalue weighted by molar-refractivity contribution is 5.87. The lowest BCUT2D eigenvalue weighted by Gasteiger charge is -2.31. The maximum Gasteiger partial charge on any atom is 0.243 e. The molecule has 0 fully saturated rings. The molecule has 0 bridgehead atoms. The SMILES string of the molecule is CC[C@H](C(=O)NC(C)C)N(Cc1ccc(OC)cc1)C(=O)CCc1ccc(OC)c(OC)c1. The van der Waals surface area contributed by atoms with Crippen molar-refractivity contribution in [2.75, 3.05) is 21.3 Å². The fourth-order valence-electron chi connectivity index (χ4n) is 3.66. The quantitative estimate of drug-likeness (QED) is 0.523. The highest BCUT2D eigenvalue weighted by Crippen LogP contribution is 2.28. The number of hydrogen-bond acceptors (Lipinski definition) is 5. The summed E-state index contributed by atoms with van der Waals surface area (Å²) in [7, 11) is 4.79. The van der Waals surface area contributed by atoms with Gasteiger partial charge in [-0.2, -0.15) is 0 Å². The molecule has 7 heteroatoms. The smallest absolute Gasteiger partial charge is 0.243 e. The molecule has 0 saturated heterocycles. The monoisotopic (exact) mass is 456 g/mol. The molecule has 1 atom stereocenters. The van der Waals surface area contributed by atoms with Crippen LogP contribution in [0.1, 0.15) is 44.7 Å². The molecule has 0 heterocycles. The summed E-state index contributed by atoms with van der Waals surface area (Å²) in [5.74, 6) is 1.80. The molecule has 7 nitrogen and oxygen atoms in total. The molecule has 0 aliphatic heterocycles. The fourth-order valence-corrected chi connectivity index (χ4v) is 3.66. The zero-order valence-corrected chi connectivity index (χ0v) is 20.5. The van der Waals surface area contributed by atoms with Crippen LogP contribution in [0.2, 0.25) is 0 Å². The van der Waals surface area contributed by atoms with Crippen molar-refractivity contribution in [2.24, 2.45) is 0 Å². The van der Waals surface area contributed by atoms with Crippen molar-refractivity contribution in [1.82, 2.24) is 10.2 Å². The van der Waals surface area contributed by atoms with Crippen LogP contribution in [0.3, 0.4) is 0 Å². The van der Waals surface area contributed by atoms with Gasteiger partial charge < -0.3 is 24.4 Å². The minimum absolute atomic E-state index is 0.00347. The van der Waals surface area contributed by atoms with Gasteiger partial charge in [0.2, 0.25) is 11.8 Å². The molecule has 0 unspecified atom stereocenters. The predicted molar refractivity (Wildman–Crippen MR) is 129 cm³/mol. The minimum Gasteiger partial charge on any atom is -0.497 e. The second-order valence-electron chi connectivity index (χ2n) is 8.15. The number of amides is 2. The van der Waals surface area contributed by atoms with Crippen LogP contribution in [0.4, 0.5) is 0 Å². The summed E-state index contributed by atoms with van der Waals surface area (Å²) in [5, 5.41) is 2.95. The molecule has 0 aliphatic rings. The van der Waals surface area contributed by atoms with Gasteiger partial charge in [0, 0.05) is 19.0 Å². The Morgan fingerprint density at radius 3 is 2.09 bits per heavy atom. The first-order valence-electron chi connectivity index (χ1n) is 11.3. The number of carbonyl (C=O) groups is 2. The summed E-state index contributed by atoms with van der Waals surface area (Å²) in [6, 6.07) is 12.6. The number of hydrogen-bond donors (Lipinski definition) is 1. The van der Waals surface area contributed by atoms with Crippen molar-refractivity contribution in [3.63, 3.8) is 0 Å². The Morgan fingerprint density at radius 1 is 0.909 bits per heavy atom. The molecule has 180 valence electrons. The van der Waals surface area contributed by atoms with Gasteiger partial charge in [0.1, 0.15) is 11.8 Å². The van der Waals surface area contributed by atoms with E-state index in [4.69, 9.17) is 14.2 Å². The Hall–Kier alpha value is -3.22. The number of methoxy groups -OCH3 is 3. The minimum atomic E-state index is -0.549. The first-order chi connectivity index (χ1) is 15.8. The molecular weight excluding hydrogens is 420 g/mol. The molecule has 0 aromatic heterocycles. The van der Waals surface area contributed by atoms with Crippen molar-refractivity contribution >= 4 is 11.8 Å². The molecule has 1 N–H and O–H groups in total. The van der Waals surface area contributed by atoms with E-state index in [0.29, 0.717) is 30.9 Å². The zero-order chi connectivity index (χ0) is 24.4. The van der Waals surface area contributed by atoms with E-state index < -0.39 is 6.04 Å². The summed E-state index contributed by atoms with van der Waals surface area (Å²) in [6.45, 7) is 6.10. The molecule has 2 rings (SSSR count). The van der Waals surface area contributed by atoms with Crippen LogP contribution in [0.15, 0.2) is 42.5 Å². The molecule has 0 radical (unpaired) electrons. The Balaban J connectivity index is 2.23. The van der Waals surface area contributed by atoms with E-state index in [1.807, 2.05) is 63.2 Å². The van der Waals surface area contributed by atoms with Crippen molar-refractivity contribution in [2.45, 2.75) is 58.7 Å². The summed E-state index contributed by atoms with van der Waals surface area (Å²) in [4.78, 5) is 28.0. The average Bonchev–Trinajstić information content (AvgIpc) is 2.82. The van der Waals surface area contributed by atoms with Gasteiger partial charge in [0.05, 0.1) is 21.3 Å². The van der Waals surface area contributed by atoms with Crippen LogP contribution >= 0.6 is 0 Å². The zero-order valence-electron chi connectivity index (χ0n) is 20.5.